The average Bonchev–Trinajstić information content (AvgIpc) is 3.89. The number of nitrogens with zero attached hydrogens (tertiary/aromatic N) is 4. The minimum Gasteiger partial charge on any atom is -0.309 e. The molecule has 4 nitrogen and oxygen atoms in total. The Morgan fingerprint density at radius 2 is 1.02 bits per heavy atom. The SMILES string of the molecule is C1=Cc2c(c3ccccc3n2-c2cc(-c3ccc4c5ccccc5n5c6ccccc6nc5c4c3)cc(-n3c4ccccc4c4ccccc43)c2)CC1. The first-order chi connectivity index (χ1) is 26.3. The van der Waals surface area contributed by atoms with E-state index in [1.54, 1.807) is 0 Å². The Bertz CT molecular complexity index is 3300. The monoisotopic (exact) mass is 676 g/mol. The lowest BCUT2D eigenvalue weighted by molar-refractivity contribution is 0.967. The Morgan fingerprint density at radius 1 is 0.434 bits per heavy atom. The lowest BCUT2D eigenvalue weighted by atomic mass is 9.98. The Morgan fingerprint density at radius 3 is 1.75 bits per heavy atom. The van der Waals surface area contributed by atoms with Crippen molar-refractivity contribution in [1.82, 2.24) is 18.5 Å². The van der Waals surface area contributed by atoms with Crippen molar-refractivity contribution >= 4 is 77.1 Å². The fraction of sp³-hybridized carbons (Fsp3) is 0.0408. The maximum absolute atomic E-state index is 5.24. The second-order valence-electron chi connectivity index (χ2n) is 14.3. The van der Waals surface area contributed by atoms with Gasteiger partial charge in [-0.15, -0.1) is 0 Å². The van der Waals surface area contributed by atoms with Crippen LogP contribution in [-0.2, 0) is 6.42 Å². The largest absolute Gasteiger partial charge is 0.309 e. The maximum atomic E-state index is 5.24. The Hall–Kier alpha value is -6.91. The number of rotatable bonds is 3. The molecule has 0 saturated heterocycles. The van der Waals surface area contributed by atoms with Crippen molar-refractivity contribution in [2.24, 2.45) is 0 Å². The summed E-state index contributed by atoms with van der Waals surface area (Å²) < 4.78 is 7.26. The third-order valence-electron chi connectivity index (χ3n) is 11.4. The molecule has 11 aromatic rings. The van der Waals surface area contributed by atoms with E-state index < -0.39 is 0 Å². The van der Waals surface area contributed by atoms with Gasteiger partial charge in [-0.25, -0.2) is 4.98 Å². The van der Waals surface area contributed by atoms with Crippen LogP contribution in [0.2, 0.25) is 0 Å². The van der Waals surface area contributed by atoms with Gasteiger partial charge in [0.1, 0.15) is 5.65 Å². The fourth-order valence-electron chi connectivity index (χ4n) is 9.18. The van der Waals surface area contributed by atoms with E-state index in [4.69, 9.17) is 4.98 Å². The van der Waals surface area contributed by atoms with Gasteiger partial charge in [0.05, 0.1) is 33.1 Å². The number of fused-ring (bicyclic) bond motifs is 14. The summed E-state index contributed by atoms with van der Waals surface area (Å²) in [4.78, 5) is 5.24. The van der Waals surface area contributed by atoms with Gasteiger partial charge in [-0.2, -0.15) is 0 Å². The molecule has 0 amide bonds. The first-order valence-corrected chi connectivity index (χ1v) is 18.5. The van der Waals surface area contributed by atoms with E-state index in [-0.39, 0.29) is 0 Å². The van der Waals surface area contributed by atoms with Gasteiger partial charge in [-0.1, -0.05) is 103 Å². The fourth-order valence-corrected chi connectivity index (χ4v) is 9.18. The molecule has 53 heavy (non-hydrogen) atoms. The van der Waals surface area contributed by atoms with E-state index in [1.165, 1.54) is 60.3 Å². The zero-order valence-corrected chi connectivity index (χ0v) is 28.9. The van der Waals surface area contributed by atoms with Crippen LogP contribution in [0.3, 0.4) is 0 Å². The van der Waals surface area contributed by atoms with Crippen molar-refractivity contribution in [1.29, 1.82) is 0 Å². The van der Waals surface area contributed by atoms with Crippen LogP contribution in [0.5, 0.6) is 0 Å². The number of hydrogen-bond donors (Lipinski definition) is 0. The molecule has 0 radical (unpaired) electrons. The van der Waals surface area contributed by atoms with Crippen molar-refractivity contribution < 1.29 is 0 Å². The van der Waals surface area contributed by atoms with Crippen LogP contribution in [0.4, 0.5) is 0 Å². The summed E-state index contributed by atoms with van der Waals surface area (Å²) in [5.41, 5.74) is 15.2. The summed E-state index contributed by atoms with van der Waals surface area (Å²) in [6.45, 7) is 0. The molecule has 12 rings (SSSR count). The topological polar surface area (TPSA) is 27.2 Å². The molecule has 1 aliphatic rings. The first kappa shape index (κ1) is 28.8. The van der Waals surface area contributed by atoms with Crippen LogP contribution in [-0.4, -0.2) is 18.5 Å². The average molecular weight is 677 g/mol. The molecule has 0 N–H and O–H groups in total. The first-order valence-electron chi connectivity index (χ1n) is 18.5. The molecular weight excluding hydrogens is 645 g/mol. The zero-order valence-electron chi connectivity index (χ0n) is 28.9. The Kier molecular flexibility index (Phi) is 5.86. The van der Waals surface area contributed by atoms with Crippen molar-refractivity contribution in [2.45, 2.75) is 12.8 Å². The summed E-state index contributed by atoms with van der Waals surface area (Å²) in [5, 5.41) is 7.43. The number of hydrogen-bond acceptors (Lipinski definition) is 1. The van der Waals surface area contributed by atoms with E-state index in [2.05, 4.69) is 183 Å². The highest BCUT2D eigenvalue weighted by atomic mass is 15.0. The van der Waals surface area contributed by atoms with Crippen LogP contribution in [0.25, 0.3) is 99.6 Å². The van der Waals surface area contributed by atoms with Crippen LogP contribution in [0.15, 0.2) is 164 Å². The van der Waals surface area contributed by atoms with Gasteiger partial charge in [-0.3, -0.25) is 4.40 Å². The standard InChI is InChI=1S/C49H32N4/c1-11-23-47-36(13-1)35-26-25-31(29-41(35)49-50-42-18-6-12-24-48(42)53(47)49)32-27-33(51-43-19-7-2-14-37(43)38-15-3-8-20-44(38)51)30-34(28-32)52-45-21-9-4-16-39(45)40-17-5-10-22-46(40)52/h1-4,6-16,18-30H,5,17H2. The molecule has 0 spiro atoms. The second kappa shape index (κ2) is 10.8. The maximum Gasteiger partial charge on any atom is 0.146 e. The third-order valence-corrected chi connectivity index (χ3v) is 11.4. The van der Waals surface area contributed by atoms with Gasteiger partial charge in [-0.05, 0) is 102 Å². The van der Waals surface area contributed by atoms with E-state index in [0.29, 0.717) is 0 Å². The quantitative estimate of drug-likeness (QED) is 0.171. The number of benzene rings is 7. The Balaban J connectivity index is 1.19. The molecule has 1 aliphatic carbocycles. The van der Waals surface area contributed by atoms with E-state index in [0.717, 1.165) is 57.4 Å². The molecule has 4 heteroatoms. The summed E-state index contributed by atoms with van der Waals surface area (Å²) in [7, 11) is 0. The zero-order chi connectivity index (χ0) is 34.6. The number of para-hydroxylation sites is 6. The molecule has 0 unspecified atom stereocenters. The molecular formula is C49H32N4. The van der Waals surface area contributed by atoms with Crippen LogP contribution in [0, 0.1) is 0 Å². The van der Waals surface area contributed by atoms with Gasteiger partial charge >= 0.3 is 0 Å². The van der Waals surface area contributed by atoms with E-state index in [9.17, 15) is 0 Å². The van der Waals surface area contributed by atoms with E-state index in [1.807, 2.05) is 0 Å². The van der Waals surface area contributed by atoms with Crippen molar-refractivity contribution in [3.05, 3.63) is 175 Å². The predicted octanol–water partition coefficient (Wildman–Crippen LogP) is 12.5. The van der Waals surface area contributed by atoms with Gasteiger partial charge in [0.25, 0.3) is 0 Å². The molecule has 4 aromatic heterocycles. The van der Waals surface area contributed by atoms with E-state index >= 15 is 0 Å². The number of imidazole rings is 1. The van der Waals surface area contributed by atoms with Crippen molar-refractivity contribution in [2.75, 3.05) is 0 Å². The second-order valence-corrected chi connectivity index (χ2v) is 14.3. The molecule has 0 atom stereocenters. The van der Waals surface area contributed by atoms with Gasteiger partial charge in [0.15, 0.2) is 0 Å². The smallest absolute Gasteiger partial charge is 0.146 e. The van der Waals surface area contributed by atoms with Gasteiger partial charge in [0.2, 0.25) is 0 Å². The number of aromatic nitrogens is 4. The number of aryl methyl sites for hydroxylation is 1. The molecule has 7 aromatic carbocycles. The minimum absolute atomic E-state index is 0.983. The molecule has 0 saturated carbocycles. The van der Waals surface area contributed by atoms with Gasteiger partial charge in [0, 0.05) is 44.0 Å². The molecule has 4 heterocycles. The van der Waals surface area contributed by atoms with Crippen LogP contribution < -0.4 is 0 Å². The highest BCUT2D eigenvalue weighted by molar-refractivity contribution is 6.15. The van der Waals surface area contributed by atoms with Crippen molar-refractivity contribution in [3.63, 3.8) is 0 Å². The number of allylic oxidation sites excluding steroid dienone is 1. The summed E-state index contributed by atoms with van der Waals surface area (Å²) >= 11 is 0. The molecule has 248 valence electrons. The predicted molar refractivity (Wildman–Crippen MR) is 222 cm³/mol. The lowest BCUT2D eigenvalue weighted by Crippen LogP contribution is -2.03. The lowest BCUT2D eigenvalue weighted by Gasteiger charge is -2.18. The molecule has 0 fully saturated rings. The van der Waals surface area contributed by atoms with Gasteiger partial charge < -0.3 is 9.13 Å². The molecule has 0 aliphatic heterocycles. The summed E-state index contributed by atoms with van der Waals surface area (Å²) in [6, 6.07) is 57.7. The van der Waals surface area contributed by atoms with Crippen LogP contribution in [0.1, 0.15) is 17.7 Å². The molecule has 0 bridgehead atoms. The number of pyridine rings is 1. The highest BCUT2D eigenvalue weighted by Crippen LogP contribution is 2.40. The Labute approximate surface area is 305 Å². The van der Waals surface area contributed by atoms with Crippen molar-refractivity contribution in [3.8, 4) is 22.5 Å². The highest BCUT2D eigenvalue weighted by Gasteiger charge is 2.21. The third kappa shape index (κ3) is 4.03. The summed E-state index contributed by atoms with van der Waals surface area (Å²) in [6.07, 6.45) is 6.76. The minimum atomic E-state index is 0.983. The summed E-state index contributed by atoms with van der Waals surface area (Å²) in [5.74, 6) is 0. The normalized spacial score (nSPS) is 13.1. The van der Waals surface area contributed by atoms with Crippen LogP contribution >= 0.6 is 0 Å².